The quantitative estimate of drug-likeness (QED) is 0.0337. The van der Waals surface area contributed by atoms with E-state index in [1.54, 1.807) is 49.0 Å². The summed E-state index contributed by atoms with van der Waals surface area (Å²) in [6.07, 6.45) is -37.0. The zero-order valence-corrected chi connectivity index (χ0v) is 39.9. The zero-order valence-electron chi connectivity index (χ0n) is 39.9. The smallest absolute Gasteiger partial charge is 0.425 e. The Bertz CT molecular complexity index is 1620. The second-order valence-electron chi connectivity index (χ2n) is 16.1. The lowest BCUT2D eigenvalue weighted by atomic mass is 10.1. The molecule has 0 aliphatic rings. The van der Waals surface area contributed by atoms with Gasteiger partial charge in [-0.2, -0.15) is 52.7 Å². The van der Waals surface area contributed by atoms with E-state index in [-0.39, 0.29) is 61.2 Å². The minimum atomic E-state index is -5.60. The van der Waals surface area contributed by atoms with Crippen LogP contribution in [-0.2, 0) is 28.7 Å². The first-order valence-corrected chi connectivity index (χ1v) is 22.9. The van der Waals surface area contributed by atoms with Gasteiger partial charge in [0.15, 0.2) is 18.3 Å². The number of hydrogen-bond donors (Lipinski definition) is 4. The minimum absolute atomic E-state index is 0.0402. The van der Waals surface area contributed by atoms with E-state index in [0.29, 0.717) is 25.7 Å². The molecule has 18 nitrogen and oxygen atoms in total. The van der Waals surface area contributed by atoms with Crippen LogP contribution in [0.4, 0.5) is 68.1 Å². The maximum atomic E-state index is 14.4. The van der Waals surface area contributed by atoms with Crippen molar-refractivity contribution in [3.05, 3.63) is 12.3 Å². The Morgan fingerprint density at radius 3 is 0.972 bits per heavy atom. The molecule has 0 fully saturated rings. The molecule has 6 amide bonds. The number of carbonyl (C=O) groups excluding carboxylic acids is 6. The molecule has 1 heterocycles. The highest BCUT2D eigenvalue weighted by molar-refractivity contribution is 5.85. The van der Waals surface area contributed by atoms with Crippen LogP contribution in [0, 0.1) is 0 Å². The Kier molecular flexibility index (Phi) is 26.5. The van der Waals surface area contributed by atoms with Crippen LogP contribution in [-0.4, -0.2) is 123 Å². The van der Waals surface area contributed by atoms with E-state index in [2.05, 4.69) is 15.4 Å². The Morgan fingerprint density at radius 2 is 0.761 bits per heavy atom. The maximum Gasteiger partial charge on any atom is 0.471 e. The van der Waals surface area contributed by atoms with Gasteiger partial charge in [0.05, 0.1) is 6.20 Å². The van der Waals surface area contributed by atoms with Crippen LogP contribution in [0.5, 0.6) is 0 Å². The number of nitrogens with one attached hydrogen (secondary N) is 4. The number of hydrogen-bond acceptors (Lipinski definition) is 12. The third kappa shape index (κ3) is 22.1. The van der Waals surface area contributed by atoms with Crippen molar-refractivity contribution in [3.63, 3.8) is 0 Å². The Morgan fingerprint density at radius 1 is 0.493 bits per heavy atom. The minimum Gasteiger partial charge on any atom is -0.425 e. The van der Waals surface area contributed by atoms with Gasteiger partial charge in [0.2, 0.25) is 0 Å². The molecule has 4 N–H and O–H groups in total. The molecule has 0 saturated carbocycles. The Balaban J connectivity index is 4.13. The number of carbonyl (C=O) groups is 6. The lowest BCUT2D eigenvalue weighted by Gasteiger charge is -2.41. The maximum absolute atomic E-state index is 14.4. The summed E-state index contributed by atoms with van der Waals surface area (Å²) in [7, 11) is 0. The van der Waals surface area contributed by atoms with Crippen LogP contribution < -0.4 is 26.2 Å². The lowest BCUT2D eigenvalue weighted by Crippen LogP contribution is -2.63. The molecule has 0 radical (unpaired) electrons. The number of halogens is 12. The molecule has 6 unspecified atom stereocenters. The largest absolute Gasteiger partial charge is 0.471 e. The predicted octanol–water partition coefficient (Wildman–Crippen LogP) is 8.59. The molecule has 1 aromatic heterocycles. The van der Waals surface area contributed by atoms with Crippen molar-refractivity contribution in [2.24, 2.45) is 0 Å². The monoisotopic (exact) mass is 1050 g/mol. The van der Waals surface area contributed by atoms with Crippen molar-refractivity contribution in [1.29, 1.82) is 0 Å². The number of rotatable bonds is 29. The van der Waals surface area contributed by atoms with E-state index < -0.39 is 129 Å². The van der Waals surface area contributed by atoms with Gasteiger partial charge in [-0.05, 0) is 70.4 Å². The van der Waals surface area contributed by atoms with Crippen molar-refractivity contribution in [3.8, 4) is 0 Å². The van der Waals surface area contributed by atoms with Crippen molar-refractivity contribution in [2.45, 2.75) is 206 Å². The number of nitrogens with zero attached hydrogens (tertiary/aromatic N) is 6. The average Bonchev–Trinajstić information content (AvgIpc) is 3.25. The molecule has 0 saturated heterocycles. The first kappa shape index (κ1) is 63.4. The molecule has 6 atom stereocenters. The molecule has 0 bridgehead atoms. The summed E-state index contributed by atoms with van der Waals surface area (Å²) < 4.78 is 176. The molecule has 0 aliphatic carbocycles. The molecular weight excluding hydrogens is 988 g/mol. The van der Waals surface area contributed by atoms with Crippen molar-refractivity contribution in [1.82, 2.24) is 46.5 Å². The molecule has 0 spiro atoms. The topological polar surface area (TPSA) is 217 Å². The van der Waals surface area contributed by atoms with E-state index in [1.165, 1.54) is 0 Å². The number of aromatic nitrogens is 3. The molecule has 1 aromatic rings. The fourth-order valence-corrected chi connectivity index (χ4v) is 6.92. The molecule has 408 valence electrons. The summed E-state index contributed by atoms with van der Waals surface area (Å²) in [5, 5.41) is 17.0. The van der Waals surface area contributed by atoms with Gasteiger partial charge in [-0.15, -0.1) is 10.2 Å². The third-order valence-electron chi connectivity index (χ3n) is 10.4. The SMILES string of the molecule is CCCCCC(NC(=O)C(F)(F)F)N(C(=O)OC(C)N(c1ccnnn1)C(C)OC(=O)N(C(CCCCC)NC(=O)C(F)(F)F)C(CCCCC)NC(=O)C(F)(F)F)C(CCCCC)NC(=O)C(F)(F)F. The third-order valence-corrected chi connectivity index (χ3v) is 10.4. The average molecular weight is 1050 g/mol. The van der Waals surface area contributed by atoms with Crippen molar-refractivity contribution in [2.75, 3.05) is 4.90 Å². The Labute approximate surface area is 402 Å². The summed E-state index contributed by atoms with van der Waals surface area (Å²) in [6.45, 7) is 8.69. The van der Waals surface area contributed by atoms with Gasteiger partial charge in [-0.3, -0.25) is 33.9 Å². The van der Waals surface area contributed by atoms with Crippen LogP contribution in [0.15, 0.2) is 12.3 Å². The normalized spacial score (nSPS) is 14.7. The second kappa shape index (κ2) is 29.7. The van der Waals surface area contributed by atoms with E-state index in [9.17, 15) is 81.5 Å². The second-order valence-corrected chi connectivity index (χ2v) is 16.1. The summed E-state index contributed by atoms with van der Waals surface area (Å²) in [5.41, 5.74) is 0. The fraction of sp³-hybridized carbons (Fsp3) is 0.780. The standard InChI is InChI=1S/C41H62F12N10O8/c1-7-11-15-19-27(55-32(64)38(42,43)44)62(28(20-16-12-8-2)56-33(65)39(45,46)47)36(68)70-25(5)61(31-23-24-54-60-59-31)26(6)71-37(69)63(29(21-17-13-9-3)57-34(66)40(48,49)50)30(22-18-14-10-4)58-35(67)41(51,52)53/h23-30H,7-22H2,1-6H3,(H,55,64)(H,56,65)(H,57,66)(H,58,67). The summed E-state index contributed by atoms with van der Waals surface area (Å²) >= 11 is 0. The van der Waals surface area contributed by atoms with Gasteiger partial charge < -0.3 is 30.7 Å². The summed E-state index contributed by atoms with van der Waals surface area (Å²) in [6, 6.07) is 1.04. The first-order valence-electron chi connectivity index (χ1n) is 22.9. The van der Waals surface area contributed by atoms with E-state index in [1.807, 2.05) is 0 Å². The van der Waals surface area contributed by atoms with E-state index in [4.69, 9.17) is 9.47 Å². The van der Waals surface area contributed by atoms with Gasteiger partial charge in [-0.1, -0.05) is 79.1 Å². The van der Waals surface area contributed by atoms with Crippen molar-refractivity contribution >= 4 is 41.6 Å². The summed E-state index contributed by atoms with van der Waals surface area (Å²) in [4.78, 5) is 79.7. The molecule has 71 heavy (non-hydrogen) atoms. The fourth-order valence-electron chi connectivity index (χ4n) is 6.92. The number of amides is 6. The van der Waals surface area contributed by atoms with Crippen LogP contribution in [0.1, 0.15) is 144 Å². The first-order chi connectivity index (χ1) is 33.0. The van der Waals surface area contributed by atoms with Crippen LogP contribution >= 0.6 is 0 Å². The highest BCUT2D eigenvalue weighted by Gasteiger charge is 2.48. The molecule has 0 aromatic carbocycles. The van der Waals surface area contributed by atoms with Crippen LogP contribution in [0.25, 0.3) is 0 Å². The van der Waals surface area contributed by atoms with Gasteiger partial charge in [-0.25, -0.2) is 9.59 Å². The van der Waals surface area contributed by atoms with Gasteiger partial charge in [0.1, 0.15) is 24.7 Å². The van der Waals surface area contributed by atoms with Gasteiger partial charge in [0.25, 0.3) is 0 Å². The lowest BCUT2D eigenvalue weighted by molar-refractivity contribution is -0.178. The van der Waals surface area contributed by atoms with Crippen LogP contribution in [0.3, 0.4) is 0 Å². The summed E-state index contributed by atoms with van der Waals surface area (Å²) in [5.74, 6) is -11.0. The predicted molar refractivity (Wildman–Crippen MR) is 226 cm³/mol. The number of anilines is 1. The van der Waals surface area contributed by atoms with E-state index in [0.717, 1.165) is 31.0 Å². The van der Waals surface area contributed by atoms with Gasteiger partial charge >= 0.3 is 60.5 Å². The molecular formula is C41H62F12N10O8. The molecule has 0 aliphatic heterocycles. The molecule has 30 heteroatoms. The number of ether oxygens (including phenoxy) is 2. The van der Waals surface area contributed by atoms with E-state index >= 15 is 0 Å². The number of alkyl halides is 12. The highest BCUT2D eigenvalue weighted by atomic mass is 19.4. The molecule has 1 rings (SSSR count). The zero-order chi connectivity index (χ0) is 54.3. The van der Waals surface area contributed by atoms with Crippen molar-refractivity contribution < 1.29 is 90.9 Å². The van der Waals surface area contributed by atoms with Gasteiger partial charge in [0, 0.05) is 6.07 Å². The van der Waals surface area contributed by atoms with Crippen LogP contribution in [0.2, 0.25) is 0 Å². The Hall–Kier alpha value is -5.61. The highest BCUT2D eigenvalue weighted by Crippen LogP contribution is 2.27. The number of unbranched alkanes of at least 4 members (excludes halogenated alkanes) is 8.